The average molecular weight is 509 g/mol. The van der Waals surface area contributed by atoms with Gasteiger partial charge in [0.05, 0.1) is 25.9 Å². The van der Waals surface area contributed by atoms with Crippen molar-refractivity contribution in [1.29, 1.82) is 0 Å². The maximum atomic E-state index is 11.2. The number of carbonyl (C=O) groups is 1. The van der Waals surface area contributed by atoms with Crippen LogP contribution >= 0.6 is 11.6 Å². The Kier molecular flexibility index (Phi) is 12.1. The Morgan fingerprint density at radius 2 is 2.17 bits per heavy atom. The summed E-state index contributed by atoms with van der Waals surface area (Å²) < 4.78 is 28.4. The van der Waals surface area contributed by atoms with Crippen LogP contribution in [0.1, 0.15) is 44.9 Å². The predicted octanol–water partition coefficient (Wildman–Crippen LogP) is 4.85. The molecular weight excluding hydrogens is 472 g/mol. The quantitative estimate of drug-likeness (QED) is 0.231. The first kappa shape index (κ1) is 27.7. The van der Waals surface area contributed by atoms with Crippen molar-refractivity contribution in [2.45, 2.75) is 69.5 Å². The molecule has 8 heteroatoms. The molecule has 0 bridgehead atoms. The molecule has 194 valence electrons. The Hall–Kier alpha value is -1.90. The summed E-state index contributed by atoms with van der Waals surface area (Å²) in [6.07, 6.45) is 12.2. The van der Waals surface area contributed by atoms with Crippen LogP contribution in [-0.2, 0) is 23.7 Å². The van der Waals surface area contributed by atoms with Crippen LogP contribution in [0.4, 0.5) is 0 Å². The number of ether oxygens (including phenoxy) is 5. The van der Waals surface area contributed by atoms with E-state index in [1.807, 2.05) is 36.4 Å². The van der Waals surface area contributed by atoms with E-state index in [1.54, 1.807) is 12.1 Å². The van der Waals surface area contributed by atoms with E-state index in [2.05, 4.69) is 4.74 Å². The molecular formula is C27H37ClO7. The van der Waals surface area contributed by atoms with Crippen molar-refractivity contribution >= 4 is 17.6 Å². The molecule has 0 amide bonds. The maximum absolute atomic E-state index is 11.2. The lowest BCUT2D eigenvalue weighted by molar-refractivity contribution is -0.182. The molecule has 1 N–H and O–H groups in total. The number of hydrogen-bond acceptors (Lipinski definition) is 7. The van der Waals surface area contributed by atoms with Crippen LogP contribution in [0.15, 0.2) is 48.6 Å². The Morgan fingerprint density at radius 3 is 2.94 bits per heavy atom. The second kappa shape index (κ2) is 15.3. The van der Waals surface area contributed by atoms with Crippen LogP contribution < -0.4 is 4.74 Å². The molecule has 0 saturated carbocycles. The molecule has 1 aromatic carbocycles. The first-order valence-corrected chi connectivity index (χ1v) is 12.8. The minimum atomic E-state index is -0.534. The van der Waals surface area contributed by atoms with Crippen molar-refractivity contribution in [2.75, 3.05) is 26.9 Å². The molecule has 2 heterocycles. The van der Waals surface area contributed by atoms with E-state index in [1.165, 1.54) is 7.11 Å². The minimum absolute atomic E-state index is 0.0523. The Balaban J connectivity index is 1.55. The van der Waals surface area contributed by atoms with E-state index < -0.39 is 6.10 Å². The molecule has 2 saturated heterocycles. The van der Waals surface area contributed by atoms with Gasteiger partial charge in [0.1, 0.15) is 18.5 Å². The number of unbranched alkanes of at least 4 members (excludes halogenated alkanes) is 1. The number of aliphatic hydroxyl groups excluding tert-OH is 1. The average Bonchev–Trinajstić information content (AvgIpc) is 3.22. The lowest BCUT2D eigenvalue weighted by Gasteiger charge is -2.27. The molecule has 2 aliphatic rings. The van der Waals surface area contributed by atoms with Crippen LogP contribution in [0.25, 0.3) is 0 Å². The van der Waals surface area contributed by atoms with Gasteiger partial charge in [-0.25, -0.2) is 0 Å². The number of aliphatic hydroxyl groups is 1. The predicted molar refractivity (Wildman–Crippen MR) is 133 cm³/mol. The number of rotatable bonds is 13. The first-order valence-electron chi connectivity index (χ1n) is 12.4. The van der Waals surface area contributed by atoms with E-state index in [9.17, 15) is 9.90 Å². The molecule has 1 aromatic rings. The highest BCUT2D eigenvalue weighted by Crippen LogP contribution is 2.27. The van der Waals surface area contributed by atoms with E-state index in [-0.39, 0.29) is 30.4 Å². The zero-order valence-corrected chi connectivity index (χ0v) is 21.1. The van der Waals surface area contributed by atoms with E-state index >= 15 is 0 Å². The molecule has 3 unspecified atom stereocenters. The number of halogens is 1. The fourth-order valence-corrected chi connectivity index (χ4v) is 4.31. The highest BCUT2D eigenvalue weighted by atomic mass is 35.5. The second-order valence-corrected chi connectivity index (χ2v) is 9.26. The van der Waals surface area contributed by atoms with Gasteiger partial charge >= 0.3 is 5.97 Å². The maximum Gasteiger partial charge on any atom is 0.305 e. The van der Waals surface area contributed by atoms with Crippen LogP contribution in [0.3, 0.4) is 0 Å². The lowest BCUT2D eigenvalue weighted by atomic mass is 9.94. The van der Waals surface area contributed by atoms with Gasteiger partial charge in [-0.1, -0.05) is 42.0 Å². The summed E-state index contributed by atoms with van der Waals surface area (Å²) in [5.41, 5.74) is 0. The molecule has 0 radical (unpaired) electrons. The zero-order chi connectivity index (χ0) is 24.9. The summed E-state index contributed by atoms with van der Waals surface area (Å²) in [7, 11) is 1.40. The van der Waals surface area contributed by atoms with E-state index in [0.717, 1.165) is 32.1 Å². The van der Waals surface area contributed by atoms with Gasteiger partial charge in [0, 0.05) is 24.0 Å². The monoisotopic (exact) mass is 508 g/mol. The standard InChI is InChI=1S/C27H37ClO7/c1-31-26(30)12-5-3-2-4-11-23-24(29)19-34-25(23)15-14-22(35-27-13-6-7-16-32-27)18-33-21-10-8-9-20(28)17-21/h2,4,8-10,14-15,17,22-25,27,29H,3,5-7,11-13,16,18-19H2,1H3/t22?,23-,24?,25+,27?/m0/s1. The molecule has 3 rings (SSSR count). The van der Waals surface area contributed by atoms with Crippen molar-refractivity contribution in [3.8, 4) is 5.75 Å². The van der Waals surface area contributed by atoms with Gasteiger partial charge in [-0.15, -0.1) is 0 Å². The number of esters is 1. The summed E-state index contributed by atoms with van der Waals surface area (Å²) >= 11 is 6.07. The fraction of sp³-hybridized carbons (Fsp3) is 0.593. The van der Waals surface area contributed by atoms with Gasteiger partial charge in [-0.2, -0.15) is 0 Å². The molecule has 2 fully saturated rings. The number of benzene rings is 1. The third-order valence-corrected chi connectivity index (χ3v) is 6.36. The van der Waals surface area contributed by atoms with Gasteiger partial charge in [-0.3, -0.25) is 4.79 Å². The van der Waals surface area contributed by atoms with Crippen molar-refractivity contribution < 1.29 is 33.6 Å². The van der Waals surface area contributed by atoms with Crippen molar-refractivity contribution in [3.63, 3.8) is 0 Å². The summed E-state index contributed by atoms with van der Waals surface area (Å²) in [5, 5.41) is 11.0. The first-order chi connectivity index (χ1) is 17.0. The topological polar surface area (TPSA) is 83.5 Å². The molecule has 0 aliphatic carbocycles. The third kappa shape index (κ3) is 9.94. The van der Waals surface area contributed by atoms with Gasteiger partial charge in [0.25, 0.3) is 0 Å². The van der Waals surface area contributed by atoms with E-state index in [4.69, 9.17) is 30.5 Å². The van der Waals surface area contributed by atoms with Gasteiger partial charge in [-0.05, 0) is 56.7 Å². The molecule has 5 atom stereocenters. The number of carbonyl (C=O) groups excluding carboxylic acids is 1. The molecule has 35 heavy (non-hydrogen) atoms. The van der Waals surface area contributed by atoms with Crippen LogP contribution in [-0.4, -0.2) is 62.6 Å². The van der Waals surface area contributed by atoms with Gasteiger partial charge in [0.2, 0.25) is 0 Å². The highest BCUT2D eigenvalue weighted by molar-refractivity contribution is 6.30. The number of methoxy groups -OCH3 is 1. The van der Waals surface area contributed by atoms with Crippen molar-refractivity contribution in [1.82, 2.24) is 0 Å². The lowest BCUT2D eigenvalue weighted by Crippen LogP contribution is -2.31. The summed E-state index contributed by atoms with van der Waals surface area (Å²) in [4.78, 5) is 11.2. The molecule has 0 aromatic heterocycles. The number of allylic oxidation sites excluding steroid dienone is 2. The Morgan fingerprint density at radius 1 is 1.29 bits per heavy atom. The molecule has 7 nitrogen and oxygen atoms in total. The third-order valence-electron chi connectivity index (χ3n) is 6.12. The number of hydrogen-bond donors (Lipinski definition) is 1. The zero-order valence-electron chi connectivity index (χ0n) is 20.4. The van der Waals surface area contributed by atoms with Crippen LogP contribution in [0, 0.1) is 5.92 Å². The van der Waals surface area contributed by atoms with Crippen molar-refractivity contribution in [2.24, 2.45) is 5.92 Å². The SMILES string of the molecule is COC(=O)CCCC=CC[C@H]1C(O)CO[C@@H]1C=CC(COc1cccc(Cl)c1)OC1CCCCO1. The minimum Gasteiger partial charge on any atom is -0.490 e. The fourth-order valence-electron chi connectivity index (χ4n) is 4.13. The smallest absolute Gasteiger partial charge is 0.305 e. The molecule has 0 spiro atoms. The largest absolute Gasteiger partial charge is 0.490 e. The second-order valence-electron chi connectivity index (χ2n) is 8.83. The van der Waals surface area contributed by atoms with Crippen molar-refractivity contribution in [3.05, 3.63) is 53.6 Å². The van der Waals surface area contributed by atoms with Gasteiger partial charge < -0.3 is 28.8 Å². The molecule has 2 aliphatic heterocycles. The summed E-state index contributed by atoms with van der Waals surface area (Å²) in [6, 6.07) is 7.26. The summed E-state index contributed by atoms with van der Waals surface area (Å²) in [6.45, 7) is 1.30. The Bertz CT molecular complexity index is 822. The normalized spacial score (nSPS) is 25.8. The Labute approximate surface area is 213 Å². The van der Waals surface area contributed by atoms with Crippen LogP contribution in [0.5, 0.6) is 5.75 Å². The highest BCUT2D eigenvalue weighted by Gasteiger charge is 2.33. The van der Waals surface area contributed by atoms with Crippen LogP contribution in [0.2, 0.25) is 5.02 Å². The van der Waals surface area contributed by atoms with Gasteiger partial charge in [0.15, 0.2) is 6.29 Å². The van der Waals surface area contributed by atoms with E-state index in [0.29, 0.717) is 43.4 Å². The summed E-state index contributed by atoms with van der Waals surface area (Å²) in [5.74, 6) is 0.424.